The molecule has 1 aliphatic rings. The number of carbonyl (C=O) groups excluding carboxylic acids is 1. The average Bonchev–Trinajstić information content (AvgIpc) is 2.45. The Morgan fingerprint density at radius 1 is 1.38 bits per heavy atom. The standard InChI is InChI=1S/C17H25NO3/c1-14-4-3-5-15(12-14)16(19)6-9-18(2)13-17(20)7-10-21-11-8-17/h3-5,12,20H,6-11,13H2,1-2H3. The van der Waals surface area contributed by atoms with Crippen LogP contribution < -0.4 is 0 Å². The first-order valence-electron chi connectivity index (χ1n) is 7.57. The number of benzene rings is 1. The van der Waals surface area contributed by atoms with Gasteiger partial charge in [0.05, 0.1) is 5.60 Å². The topological polar surface area (TPSA) is 49.8 Å². The van der Waals surface area contributed by atoms with E-state index in [1.807, 2.05) is 43.1 Å². The Bertz CT molecular complexity index is 481. The van der Waals surface area contributed by atoms with Gasteiger partial charge in [0, 0.05) is 51.1 Å². The van der Waals surface area contributed by atoms with Crippen LogP contribution in [0.3, 0.4) is 0 Å². The van der Waals surface area contributed by atoms with E-state index in [0.717, 1.165) is 11.1 Å². The molecule has 1 aliphatic heterocycles. The van der Waals surface area contributed by atoms with Gasteiger partial charge < -0.3 is 14.7 Å². The number of aliphatic hydroxyl groups is 1. The Hall–Kier alpha value is -1.23. The normalized spacial score (nSPS) is 17.9. The summed E-state index contributed by atoms with van der Waals surface area (Å²) < 4.78 is 5.28. The molecule has 4 nitrogen and oxygen atoms in total. The molecular formula is C17H25NO3. The molecule has 1 saturated heterocycles. The lowest BCUT2D eigenvalue weighted by atomic mass is 9.94. The van der Waals surface area contributed by atoms with Crippen LogP contribution in [-0.4, -0.2) is 54.7 Å². The molecular weight excluding hydrogens is 266 g/mol. The van der Waals surface area contributed by atoms with Crippen LogP contribution in [-0.2, 0) is 4.74 Å². The number of hydrogen-bond acceptors (Lipinski definition) is 4. The van der Waals surface area contributed by atoms with Crippen molar-refractivity contribution in [3.63, 3.8) is 0 Å². The number of likely N-dealkylation sites (N-methyl/N-ethyl adjacent to an activating group) is 1. The van der Waals surface area contributed by atoms with Crippen LogP contribution in [0.15, 0.2) is 24.3 Å². The Morgan fingerprint density at radius 3 is 2.76 bits per heavy atom. The molecule has 2 rings (SSSR count). The van der Waals surface area contributed by atoms with E-state index in [-0.39, 0.29) is 5.78 Å². The van der Waals surface area contributed by atoms with Gasteiger partial charge in [0.25, 0.3) is 0 Å². The van der Waals surface area contributed by atoms with E-state index in [1.165, 1.54) is 0 Å². The highest BCUT2D eigenvalue weighted by Crippen LogP contribution is 2.21. The second kappa shape index (κ2) is 7.16. The van der Waals surface area contributed by atoms with Crippen molar-refractivity contribution in [3.05, 3.63) is 35.4 Å². The number of hydrogen-bond donors (Lipinski definition) is 1. The Balaban J connectivity index is 1.80. The fourth-order valence-electron chi connectivity index (χ4n) is 2.75. The second-order valence-electron chi connectivity index (χ2n) is 6.12. The second-order valence-corrected chi connectivity index (χ2v) is 6.12. The number of carbonyl (C=O) groups is 1. The van der Waals surface area contributed by atoms with Crippen LogP contribution in [0, 0.1) is 6.92 Å². The summed E-state index contributed by atoms with van der Waals surface area (Å²) in [6.45, 7) is 4.48. The van der Waals surface area contributed by atoms with Gasteiger partial charge in [-0.3, -0.25) is 4.79 Å². The van der Waals surface area contributed by atoms with E-state index in [2.05, 4.69) is 0 Å². The minimum atomic E-state index is -0.667. The number of ketones is 1. The van der Waals surface area contributed by atoms with E-state index < -0.39 is 5.60 Å². The summed E-state index contributed by atoms with van der Waals surface area (Å²) in [5.74, 6) is 0.157. The third kappa shape index (κ3) is 4.92. The molecule has 1 fully saturated rings. The summed E-state index contributed by atoms with van der Waals surface area (Å²) >= 11 is 0. The van der Waals surface area contributed by atoms with Crippen molar-refractivity contribution in [3.8, 4) is 0 Å². The van der Waals surface area contributed by atoms with Crippen molar-refractivity contribution in [2.75, 3.05) is 33.4 Å². The van der Waals surface area contributed by atoms with Crippen molar-refractivity contribution in [2.45, 2.75) is 31.8 Å². The zero-order valence-electron chi connectivity index (χ0n) is 13.0. The zero-order valence-corrected chi connectivity index (χ0v) is 13.0. The van der Waals surface area contributed by atoms with Gasteiger partial charge >= 0.3 is 0 Å². The third-order valence-electron chi connectivity index (χ3n) is 4.05. The van der Waals surface area contributed by atoms with E-state index >= 15 is 0 Å². The first-order valence-corrected chi connectivity index (χ1v) is 7.57. The van der Waals surface area contributed by atoms with Crippen LogP contribution in [0.2, 0.25) is 0 Å². The lowest BCUT2D eigenvalue weighted by Gasteiger charge is -2.35. The van der Waals surface area contributed by atoms with E-state index in [9.17, 15) is 9.90 Å². The SMILES string of the molecule is Cc1cccc(C(=O)CCN(C)CC2(O)CCOCC2)c1. The van der Waals surface area contributed by atoms with Crippen molar-refractivity contribution in [1.82, 2.24) is 4.90 Å². The van der Waals surface area contributed by atoms with Gasteiger partial charge in [-0.05, 0) is 20.0 Å². The molecule has 0 saturated carbocycles. The number of Topliss-reactive ketones (excluding diaryl/α,β-unsaturated/α-hetero) is 1. The van der Waals surface area contributed by atoms with Crippen LogP contribution >= 0.6 is 0 Å². The molecule has 4 heteroatoms. The lowest BCUT2D eigenvalue weighted by Crippen LogP contribution is -2.46. The molecule has 0 amide bonds. The number of nitrogens with zero attached hydrogens (tertiary/aromatic N) is 1. The minimum Gasteiger partial charge on any atom is -0.388 e. The maximum absolute atomic E-state index is 12.2. The predicted molar refractivity (Wildman–Crippen MR) is 82.6 cm³/mol. The molecule has 0 aromatic heterocycles. The van der Waals surface area contributed by atoms with E-state index in [4.69, 9.17) is 4.74 Å². The molecule has 0 bridgehead atoms. The molecule has 116 valence electrons. The van der Waals surface area contributed by atoms with Gasteiger partial charge in [0.15, 0.2) is 5.78 Å². The summed E-state index contributed by atoms with van der Waals surface area (Å²) in [5.41, 5.74) is 1.21. The molecule has 0 atom stereocenters. The summed E-state index contributed by atoms with van der Waals surface area (Å²) in [7, 11) is 1.96. The molecule has 0 aliphatic carbocycles. The van der Waals surface area contributed by atoms with E-state index in [0.29, 0.717) is 45.6 Å². The monoisotopic (exact) mass is 291 g/mol. The highest BCUT2D eigenvalue weighted by Gasteiger charge is 2.30. The fourth-order valence-corrected chi connectivity index (χ4v) is 2.75. The minimum absolute atomic E-state index is 0.157. The summed E-state index contributed by atoms with van der Waals surface area (Å²) in [4.78, 5) is 14.2. The fraction of sp³-hybridized carbons (Fsp3) is 0.588. The van der Waals surface area contributed by atoms with Crippen LogP contribution in [0.4, 0.5) is 0 Å². The highest BCUT2D eigenvalue weighted by atomic mass is 16.5. The summed E-state index contributed by atoms with van der Waals surface area (Å²) in [6.07, 6.45) is 1.82. The van der Waals surface area contributed by atoms with Gasteiger partial charge in [-0.1, -0.05) is 23.8 Å². The van der Waals surface area contributed by atoms with Crippen molar-refractivity contribution in [1.29, 1.82) is 0 Å². The largest absolute Gasteiger partial charge is 0.388 e. The smallest absolute Gasteiger partial charge is 0.164 e. The van der Waals surface area contributed by atoms with Crippen LogP contribution in [0.25, 0.3) is 0 Å². The number of rotatable bonds is 6. The predicted octanol–water partition coefficient (Wildman–Crippen LogP) is 2.04. The molecule has 1 N–H and O–H groups in total. The first kappa shape index (κ1) is 16.1. The average molecular weight is 291 g/mol. The van der Waals surface area contributed by atoms with Crippen LogP contribution in [0.1, 0.15) is 35.2 Å². The molecule has 0 spiro atoms. The molecule has 0 radical (unpaired) electrons. The third-order valence-corrected chi connectivity index (χ3v) is 4.05. The van der Waals surface area contributed by atoms with Gasteiger partial charge in [0.1, 0.15) is 0 Å². The Kier molecular flexibility index (Phi) is 5.51. The molecule has 1 heterocycles. The van der Waals surface area contributed by atoms with E-state index in [1.54, 1.807) is 0 Å². The molecule has 0 unspecified atom stereocenters. The summed E-state index contributed by atoms with van der Waals surface area (Å²) in [5, 5.41) is 10.5. The highest BCUT2D eigenvalue weighted by molar-refractivity contribution is 5.96. The number of aryl methyl sites for hydroxylation is 1. The van der Waals surface area contributed by atoms with Crippen molar-refractivity contribution in [2.24, 2.45) is 0 Å². The maximum atomic E-state index is 12.2. The lowest BCUT2D eigenvalue weighted by molar-refractivity contribution is -0.0767. The maximum Gasteiger partial charge on any atom is 0.164 e. The zero-order chi connectivity index (χ0) is 15.3. The van der Waals surface area contributed by atoms with Gasteiger partial charge in [-0.15, -0.1) is 0 Å². The Morgan fingerprint density at radius 2 is 2.10 bits per heavy atom. The van der Waals surface area contributed by atoms with Gasteiger partial charge in [0.2, 0.25) is 0 Å². The first-order chi connectivity index (χ1) is 9.98. The van der Waals surface area contributed by atoms with Crippen molar-refractivity contribution < 1.29 is 14.6 Å². The quantitative estimate of drug-likeness (QED) is 0.815. The van der Waals surface area contributed by atoms with Gasteiger partial charge in [-0.2, -0.15) is 0 Å². The van der Waals surface area contributed by atoms with Crippen molar-refractivity contribution >= 4 is 5.78 Å². The van der Waals surface area contributed by atoms with Crippen LogP contribution in [0.5, 0.6) is 0 Å². The Labute approximate surface area is 126 Å². The summed E-state index contributed by atoms with van der Waals surface area (Å²) in [6, 6.07) is 7.69. The number of ether oxygens (including phenoxy) is 1. The molecule has 1 aromatic rings. The van der Waals surface area contributed by atoms with Gasteiger partial charge in [-0.25, -0.2) is 0 Å². The molecule has 1 aromatic carbocycles. The molecule has 21 heavy (non-hydrogen) atoms.